The molecule has 1 aromatic heterocycles. The SMILES string of the molecule is CCCNC(c1sccc1Br)C1CCC(F)(F)CC1. The Labute approximate surface area is 125 Å². The summed E-state index contributed by atoms with van der Waals surface area (Å²) in [4.78, 5) is 1.25. The molecule has 1 aliphatic rings. The van der Waals surface area contributed by atoms with Gasteiger partial charge in [0.05, 0.1) is 0 Å². The molecule has 1 heterocycles. The Morgan fingerprint density at radius 2 is 2.16 bits per heavy atom. The van der Waals surface area contributed by atoms with Gasteiger partial charge in [-0.3, -0.25) is 0 Å². The zero-order chi connectivity index (χ0) is 13.9. The predicted molar refractivity (Wildman–Crippen MR) is 80.0 cm³/mol. The number of halogens is 3. The molecular formula is C14H20BrF2NS. The summed E-state index contributed by atoms with van der Waals surface area (Å²) < 4.78 is 27.7. The average Bonchev–Trinajstić information content (AvgIpc) is 2.78. The summed E-state index contributed by atoms with van der Waals surface area (Å²) >= 11 is 5.27. The van der Waals surface area contributed by atoms with Gasteiger partial charge in [-0.2, -0.15) is 0 Å². The van der Waals surface area contributed by atoms with Crippen molar-refractivity contribution in [1.29, 1.82) is 0 Å². The van der Waals surface area contributed by atoms with E-state index < -0.39 is 5.92 Å². The van der Waals surface area contributed by atoms with Crippen molar-refractivity contribution in [3.8, 4) is 0 Å². The lowest BCUT2D eigenvalue weighted by atomic mass is 9.81. The van der Waals surface area contributed by atoms with Crippen molar-refractivity contribution in [2.24, 2.45) is 5.92 Å². The Bertz CT molecular complexity index is 398. The summed E-state index contributed by atoms with van der Waals surface area (Å²) in [6.07, 6.45) is 2.34. The fourth-order valence-electron chi connectivity index (χ4n) is 2.70. The Morgan fingerprint density at radius 1 is 1.47 bits per heavy atom. The molecule has 2 rings (SSSR count). The molecule has 0 spiro atoms. The number of hydrogen-bond acceptors (Lipinski definition) is 2. The third-order valence-electron chi connectivity index (χ3n) is 3.77. The molecule has 0 bridgehead atoms. The van der Waals surface area contributed by atoms with E-state index in [0.29, 0.717) is 18.8 Å². The average molecular weight is 352 g/mol. The van der Waals surface area contributed by atoms with E-state index in [0.717, 1.165) is 17.4 Å². The van der Waals surface area contributed by atoms with Crippen LogP contribution in [0, 0.1) is 5.92 Å². The third-order valence-corrected chi connectivity index (χ3v) is 5.73. The molecule has 1 fully saturated rings. The first-order chi connectivity index (χ1) is 9.03. The topological polar surface area (TPSA) is 12.0 Å². The van der Waals surface area contributed by atoms with Crippen LogP contribution in [-0.2, 0) is 0 Å². The molecule has 1 N–H and O–H groups in total. The Kier molecular flexibility index (Phi) is 5.37. The van der Waals surface area contributed by atoms with Crippen LogP contribution in [0.2, 0.25) is 0 Å². The van der Waals surface area contributed by atoms with Crippen molar-refractivity contribution in [2.75, 3.05) is 6.54 Å². The standard InChI is InChI=1S/C14H20BrF2NS/c1-2-8-18-12(13-11(15)5-9-19-13)10-3-6-14(16,17)7-4-10/h5,9-10,12,18H,2-4,6-8H2,1H3. The molecule has 5 heteroatoms. The minimum absolute atomic E-state index is 0.0327. The first-order valence-corrected chi connectivity index (χ1v) is 8.55. The lowest BCUT2D eigenvalue weighted by Crippen LogP contribution is -2.34. The largest absolute Gasteiger partial charge is 0.309 e. The second kappa shape index (κ2) is 6.64. The Morgan fingerprint density at radius 3 is 2.68 bits per heavy atom. The highest BCUT2D eigenvalue weighted by Gasteiger charge is 2.38. The Hall–Kier alpha value is -0.0000000000000000555. The van der Waals surface area contributed by atoms with Crippen LogP contribution < -0.4 is 5.32 Å². The van der Waals surface area contributed by atoms with E-state index in [9.17, 15) is 8.78 Å². The van der Waals surface area contributed by atoms with Gasteiger partial charge in [0.2, 0.25) is 5.92 Å². The molecule has 0 aliphatic heterocycles. The molecule has 0 saturated heterocycles. The van der Waals surface area contributed by atoms with Crippen molar-refractivity contribution in [3.05, 3.63) is 20.8 Å². The van der Waals surface area contributed by atoms with Crippen molar-refractivity contribution in [1.82, 2.24) is 5.32 Å². The predicted octanol–water partition coefficient (Wildman–Crippen LogP) is 5.38. The fraction of sp³-hybridized carbons (Fsp3) is 0.714. The number of rotatable bonds is 5. The van der Waals surface area contributed by atoms with Crippen molar-refractivity contribution < 1.29 is 8.78 Å². The molecule has 1 nitrogen and oxygen atoms in total. The maximum atomic E-state index is 13.3. The summed E-state index contributed by atoms with van der Waals surface area (Å²) in [5.41, 5.74) is 0. The van der Waals surface area contributed by atoms with Crippen molar-refractivity contribution in [3.63, 3.8) is 0 Å². The molecule has 1 saturated carbocycles. The molecule has 108 valence electrons. The van der Waals surface area contributed by atoms with Crippen LogP contribution in [0.3, 0.4) is 0 Å². The molecule has 0 aromatic carbocycles. The van der Waals surface area contributed by atoms with Gasteiger partial charge in [0, 0.05) is 28.2 Å². The molecule has 1 aliphatic carbocycles. The molecule has 19 heavy (non-hydrogen) atoms. The maximum Gasteiger partial charge on any atom is 0.248 e. The van der Waals surface area contributed by atoms with Crippen molar-refractivity contribution >= 4 is 27.3 Å². The van der Waals surface area contributed by atoms with Crippen LogP contribution in [-0.4, -0.2) is 12.5 Å². The number of alkyl halides is 2. The van der Waals surface area contributed by atoms with Gasteiger partial charge in [0.15, 0.2) is 0 Å². The lowest BCUT2D eigenvalue weighted by molar-refractivity contribution is -0.0496. The quantitative estimate of drug-likeness (QED) is 0.751. The number of thiophene rings is 1. The summed E-state index contributed by atoms with van der Waals surface area (Å²) in [7, 11) is 0. The van der Waals surface area contributed by atoms with Crippen LogP contribution in [0.5, 0.6) is 0 Å². The van der Waals surface area contributed by atoms with Gasteiger partial charge >= 0.3 is 0 Å². The highest BCUT2D eigenvalue weighted by molar-refractivity contribution is 9.10. The van der Waals surface area contributed by atoms with Gasteiger partial charge < -0.3 is 5.32 Å². The summed E-state index contributed by atoms with van der Waals surface area (Å²) in [5.74, 6) is -2.13. The minimum atomic E-state index is -2.45. The van der Waals surface area contributed by atoms with Gasteiger partial charge in [-0.1, -0.05) is 6.92 Å². The van der Waals surface area contributed by atoms with Gasteiger partial charge in [-0.15, -0.1) is 11.3 Å². The molecule has 0 amide bonds. The first-order valence-electron chi connectivity index (χ1n) is 6.87. The monoisotopic (exact) mass is 351 g/mol. The van der Waals surface area contributed by atoms with Crippen LogP contribution in [0.4, 0.5) is 8.78 Å². The van der Waals surface area contributed by atoms with E-state index in [1.807, 2.05) is 6.07 Å². The zero-order valence-corrected chi connectivity index (χ0v) is 13.5. The lowest BCUT2D eigenvalue weighted by Gasteiger charge is -2.34. The molecule has 1 aromatic rings. The van der Waals surface area contributed by atoms with Crippen molar-refractivity contribution in [2.45, 2.75) is 51.0 Å². The Balaban J connectivity index is 2.08. The van der Waals surface area contributed by atoms with Crippen LogP contribution in [0.1, 0.15) is 49.9 Å². The zero-order valence-electron chi connectivity index (χ0n) is 11.1. The van der Waals surface area contributed by atoms with E-state index in [2.05, 4.69) is 33.6 Å². The third kappa shape index (κ3) is 3.99. The summed E-state index contributed by atoms with van der Waals surface area (Å²) in [6.45, 7) is 3.06. The maximum absolute atomic E-state index is 13.3. The summed E-state index contributed by atoms with van der Waals surface area (Å²) in [6, 6.07) is 2.25. The normalized spacial score (nSPS) is 21.5. The number of nitrogens with one attached hydrogen (secondary N) is 1. The van der Waals surface area contributed by atoms with Crippen LogP contribution in [0.15, 0.2) is 15.9 Å². The van der Waals surface area contributed by atoms with E-state index in [-0.39, 0.29) is 18.9 Å². The fourth-order valence-corrected chi connectivity index (χ4v) is 4.48. The van der Waals surface area contributed by atoms with E-state index in [1.165, 1.54) is 4.88 Å². The second-order valence-corrected chi connectivity index (χ2v) is 7.06. The van der Waals surface area contributed by atoms with Gasteiger partial charge in [0.25, 0.3) is 0 Å². The second-order valence-electron chi connectivity index (χ2n) is 5.26. The first kappa shape index (κ1) is 15.4. The van der Waals surface area contributed by atoms with E-state index in [4.69, 9.17) is 0 Å². The smallest absolute Gasteiger partial charge is 0.248 e. The summed E-state index contributed by atoms with van der Waals surface area (Å²) in [5, 5.41) is 5.60. The number of hydrogen-bond donors (Lipinski definition) is 1. The van der Waals surface area contributed by atoms with Crippen LogP contribution in [0.25, 0.3) is 0 Å². The van der Waals surface area contributed by atoms with E-state index in [1.54, 1.807) is 11.3 Å². The highest BCUT2D eigenvalue weighted by atomic mass is 79.9. The molecule has 1 atom stereocenters. The minimum Gasteiger partial charge on any atom is -0.309 e. The van der Waals surface area contributed by atoms with Gasteiger partial charge in [0.1, 0.15) is 0 Å². The molecular weight excluding hydrogens is 332 g/mol. The van der Waals surface area contributed by atoms with E-state index >= 15 is 0 Å². The molecule has 0 radical (unpaired) electrons. The van der Waals surface area contributed by atoms with Gasteiger partial charge in [-0.05, 0) is 59.1 Å². The van der Waals surface area contributed by atoms with Gasteiger partial charge in [-0.25, -0.2) is 8.78 Å². The van der Waals surface area contributed by atoms with Crippen LogP contribution >= 0.6 is 27.3 Å². The molecule has 1 unspecified atom stereocenters. The highest BCUT2D eigenvalue weighted by Crippen LogP contribution is 2.43.